The molecule has 2 heterocycles. The first-order chi connectivity index (χ1) is 12.0. The second-order valence-electron chi connectivity index (χ2n) is 6.31. The Hall–Kier alpha value is -2.50. The van der Waals surface area contributed by atoms with Crippen molar-refractivity contribution in [2.45, 2.75) is 39.3 Å². The highest BCUT2D eigenvalue weighted by Crippen LogP contribution is 2.33. The van der Waals surface area contributed by atoms with Gasteiger partial charge in [-0.2, -0.15) is 0 Å². The highest BCUT2D eigenvalue weighted by molar-refractivity contribution is 5.80. The van der Waals surface area contributed by atoms with Crippen molar-refractivity contribution in [3.63, 3.8) is 0 Å². The van der Waals surface area contributed by atoms with Crippen LogP contribution in [-0.2, 0) is 17.8 Å². The standard InChI is InChI=1S/C19H20F2N2O2/c1-11-7-12(2)22-9-14(11)10-23-19(24)15-8-13-5-3-4-6-16(13)25-17(15)18(20)21/h3-7,9,15,17-18H,8,10H2,1-2H3,(H,23,24)/t15-,17-/m1/s1. The molecule has 1 N–H and O–H groups in total. The molecule has 0 saturated carbocycles. The molecule has 0 spiro atoms. The third kappa shape index (κ3) is 3.78. The van der Waals surface area contributed by atoms with Crippen LogP contribution in [0.1, 0.15) is 22.4 Å². The number of aryl methyl sites for hydroxylation is 2. The van der Waals surface area contributed by atoms with Gasteiger partial charge >= 0.3 is 0 Å². The van der Waals surface area contributed by atoms with Gasteiger partial charge in [0.1, 0.15) is 5.75 Å². The number of alkyl halides is 2. The zero-order chi connectivity index (χ0) is 18.0. The van der Waals surface area contributed by atoms with E-state index in [0.29, 0.717) is 5.75 Å². The number of halogens is 2. The minimum absolute atomic E-state index is 0.238. The van der Waals surface area contributed by atoms with Crippen LogP contribution < -0.4 is 10.1 Å². The molecule has 1 amide bonds. The third-order valence-corrected chi connectivity index (χ3v) is 4.47. The van der Waals surface area contributed by atoms with Crippen LogP contribution >= 0.6 is 0 Å². The summed E-state index contributed by atoms with van der Waals surface area (Å²) in [5, 5.41) is 2.75. The minimum Gasteiger partial charge on any atom is -0.483 e. The fourth-order valence-electron chi connectivity index (χ4n) is 3.06. The number of amides is 1. The zero-order valence-corrected chi connectivity index (χ0v) is 14.1. The number of nitrogens with zero attached hydrogens (tertiary/aromatic N) is 1. The average Bonchev–Trinajstić information content (AvgIpc) is 2.59. The SMILES string of the molecule is Cc1cc(C)c(CNC(=O)[C@@H]2Cc3ccccc3O[C@H]2C(F)F)cn1. The van der Waals surface area contributed by atoms with Crippen molar-refractivity contribution < 1.29 is 18.3 Å². The maximum atomic E-state index is 13.4. The van der Waals surface area contributed by atoms with Crippen LogP contribution in [0.15, 0.2) is 36.5 Å². The van der Waals surface area contributed by atoms with E-state index in [1.165, 1.54) is 0 Å². The maximum Gasteiger partial charge on any atom is 0.275 e. The molecule has 1 aliphatic rings. The van der Waals surface area contributed by atoms with Gasteiger partial charge in [0.05, 0.1) is 5.92 Å². The van der Waals surface area contributed by atoms with Crippen molar-refractivity contribution in [3.8, 4) is 5.75 Å². The van der Waals surface area contributed by atoms with Crippen molar-refractivity contribution in [1.82, 2.24) is 10.3 Å². The van der Waals surface area contributed by atoms with E-state index in [9.17, 15) is 13.6 Å². The number of ether oxygens (including phenoxy) is 1. The van der Waals surface area contributed by atoms with E-state index in [1.54, 1.807) is 30.5 Å². The molecule has 0 bridgehead atoms. The lowest BCUT2D eigenvalue weighted by molar-refractivity contribution is -0.133. The molecule has 132 valence electrons. The average molecular weight is 346 g/mol. The van der Waals surface area contributed by atoms with Crippen molar-refractivity contribution >= 4 is 5.91 Å². The number of rotatable bonds is 4. The van der Waals surface area contributed by atoms with Gasteiger partial charge in [-0.3, -0.25) is 9.78 Å². The lowest BCUT2D eigenvalue weighted by atomic mass is 9.90. The Labute approximate surface area is 145 Å². The van der Waals surface area contributed by atoms with Gasteiger partial charge in [-0.1, -0.05) is 18.2 Å². The summed E-state index contributed by atoms with van der Waals surface area (Å²) in [6, 6.07) is 8.91. The second kappa shape index (κ2) is 7.17. The van der Waals surface area contributed by atoms with Crippen molar-refractivity contribution in [2.24, 2.45) is 5.92 Å². The fourth-order valence-corrected chi connectivity index (χ4v) is 3.06. The van der Waals surface area contributed by atoms with Crippen molar-refractivity contribution in [2.75, 3.05) is 0 Å². The summed E-state index contributed by atoms with van der Waals surface area (Å²) in [4.78, 5) is 16.7. The predicted octanol–water partition coefficient (Wildman–Crippen LogP) is 3.20. The molecule has 1 aromatic carbocycles. The smallest absolute Gasteiger partial charge is 0.275 e. The number of pyridine rings is 1. The molecule has 0 radical (unpaired) electrons. The molecule has 3 rings (SSSR count). The zero-order valence-electron chi connectivity index (χ0n) is 14.1. The van der Waals surface area contributed by atoms with Gasteiger partial charge in [0.25, 0.3) is 6.43 Å². The molecule has 0 fully saturated rings. The van der Waals surface area contributed by atoms with E-state index < -0.39 is 24.4 Å². The topological polar surface area (TPSA) is 51.2 Å². The first kappa shape index (κ1) is 17.3. The van der Waals surface area contributed by atoms with E-state index in [0.717, 1.165) is 22.4 Å². The van der Waals surface area contributed by atoms with E-state index in [4.69, 9.17) is 4.74 Å². The molecule has 0 saturated heterocycles. The number of nitrogens with one attached hydrogen (secondary N) is 1. The molecule has 25 heavy (non-hydrogen) atoms. The Morgan fingerprint density at radius 1 is 1.36 bits per heavy atom. The lowest BCUT2D eigenvalue weighted by Gasteiger charge is -2.32. The van der Waals surface area contributed by atoms with Crippen LogP contribution in [0.3, 0.4) is 0 Å². The first-order valence-corrected chi connectivity index (χ1v) is 8.18. The van der Waals surface area contributed by atoms with E-state index >= 15 is 0 Å². The molecule has 2 aromatic rings. The van der Waals surface area contributed by atoms with Gasteiger partial charge in [-0.15, -0.1) is 0 Å². The highest BCUT2D eigenvalue weighted by atomic mass is 19.3. The van der Waals surface area contributed by atoms with Crippen LogP contribution in [0.2, 0.25) is 0 Å². The van der Waals surface area contributed by atoms with Crippen molar-refractivity contribution in [1.29, 1.82) is 0 Å². The number of aromatic nitrogens is 1. The number of carbonyl (C=O) groups is 1. The predicted molar refractivity (Wildman–Crippen MR) is 89.6 cm³/mol. The summed E-state index contributed by atoms with van der Waals surface area (Å²) in [5.41, 5.74) is 3.53. The van der Waals surface area contributed by atoms with Crippen LogP contribution in [0.4, 0.5) is 8.78 Å². The monoisotopic (exact) mass is 346 g/mol. The van der Waals surface area contributed by atoms with Crippen LogP contribution in [0.25, 0.3) is 0 Å². The highest BCUT2D eigenvalue weighted by Gasteiger charge is 2.40. The number of fused-ring (bicyclic) bond motifs is 1. The molecular formula is C19H20F2N2O2. The van der Waals surface area contributed by atoms with Gasteiger partial charge < -0.3 is 10.1 Å². The normalized spacial score (nSPS) is 19.2. The van der Waals surface area contributed by atoms with E-state index in [-0.39, 0.29) is 13.0 Å². The number of benzene rings is 1. The molecule has 0 aliphatic carbocycles. The molecule has 1 aromatic heterocycles. The number of carbonyl (C=O) groups excluding carboxylic acids is 1. The Morgan fingerprint density at radius 2 is 2.12 bits per heavy atom. The van der Waals surface area contributed by atoms with Crippen LogP contribution in [-0.4, -0.2) is 23.4 Å². The maximum absolute atomic E-state index is 13.4. The fraction of sp³-hybridized carbons (Fsp3) is 0.368. The summed E-state index contributed by atoms with van der Waals surface area (Å²) >= 11 is 0. The Bertz CT molecular complexity index is 780. The Morgan fingerprint density at radius 3 is 2.84 bits per heavy atom. The molecule has 2 atom stereocenters. The Balaban J connectivity index is 1.73. The number of hydrogen-bond donors (Lipinski definition) is 1. The molecule has 6 heteroatoms. The summed E-state index contributed by atoms with van der Waals surface area (Å²) in [6.07, 6.45) is -2.23. The van der Waals surface area contributed by atoms with E-state index in [2.05, 4.69) is 10.3 Å². The summed E-state index contributed by atoms with van der Waals surface area (Å²) < 4.78 is 32.2. The van der Waals surface area contributed by atoms with Gasteiger partial charge in [0.15, 0.2) is 6.10 Å². The van der Waals surface area contributed by atoms with Crippen molar-refractivity contribution in [3.05, 3.63) is 58.9 Å². The van der Waals surface area contributed by atoms with Crippen LogP contribution in [0.5, 0.6) is 5.75 Å². The third-order valence-electron chi connectivity index (χ3n) is 4.47. The summed E-state index contributed by atoms with van der Waals surface area (Å²) in [7, 11) is 0. The molecule has 1 aliphatic heterocycles. The summed E-state index contributed by atoms with van der Waals surface area (Å²) in [6.45, 7) is 4.07. The minimum atomic E-state index is -2.73. The Kier molecular flexibility index (Phi) is 4.97. The first-order valence-electron chi connectivity index (χ1n) is 8.18. The lowest BCUT2D eigenvalue weighted by Crippen LogP contribution is -2.47. The van der Waals surface area contributed by atoms with E-state index in [1.807, 2.05) is 19.9 Å². The molecule has 4 nitrogen and oxygen atoms in total. The molecular weight excluding hydrogens is 326 g/mol. The molecule has 0 unspecified atom stereocenters. The number of para-hydroxylation sites is 1. The number of hydrogen-bond acceptors (Lipinski definition) is 3. The van der Waals surface area contributed by atoms with Gasteiger partial charge in [-0.25, -0.2) is 8.78 Å². The second-order valence-corrected chi connectivity index (χ2v) is 6.31. The quantitative estimate of drug-likeness (QED) is 0.925. The van der Waals surface area contributed by atoms with Gasteiger partial charge in [0.2, 0.25) is 5.91 Å². The summed E-state index contributed by atoms with van der Waals surface area (Å²) in [5.74, 6) is -0.927. The van der Waals surface area contributed by atoms with Gasteiger partial charge in [0, 0.05) is 18.4 Å². The van der Waals surface area contributed by atoms with Gasteiger partial charge in [-0.05, 0) is 49.1 Å². The largest absolute Gasteiger partial charge is 0.483 e. The van der Waals surface area contributed by atoms with Crippen LogP contribution in [0, 0.1) is 19.8 Å².